The average molecular weight is 407 g/mol. The molecule has 1 aromatic rings. The Morgan fingerprint density at radius 1 is 1.32 bits per heavy atom. The third-order valence-electron chi connectivity index (χ3n) is 4.61. The van der Waals surface area contributed by atoms with Crippen LogP contribution in [-0.4, -0.2) is 71.6 Å². The molecular weight excluding hydrogens is 383 g/mol. The Morgan fingerprint density at radius 3 is 2.43 bits per heavy atom. The molecule has 2 N–H and O–H groups in total. The van der Waals surface area contributed by atoms with Gasteiger partial charge in [-0.2, -0.15) is 13.2 Å². The number of amides is 1. The lowest BCUT2D eigenvalue weighted by molar-refractivity contribution is -0.192. The number of carboxylic acid groups (broad SMARTS) is 1. The van der Waals surface area contributed by atoms with Crippen molar-refractivity contribution in [2.75, 3.05) is 32.8 Å². The minimum absolute atomic E-state index is 0.0492. The van der Waals surface area contributed by atoms with Gasteiger partial charge in [-0.05, 0) is 25.9 Å². The summed E-state index contributed by atoms with van der Waals surface area (Å²) in [6.07, 6.45) is -3.18. The van der Waals surface area contributed by atoms with Crippen molar-refractivity contribution in [1.82, 2.24) is 15.4 Å². The summed E-state index contributed by atoms with van der Waals surface area (Å²) >= 11 is 0. The molecule has 1 spiro atoms. The van der Waals surface area contributed by atoms with Crippen LogP contribution in [0.1, 0.15) is 48.9 Å². The van der Waals surface area contributed by atoms with Gasteiger partial charge in [0.2, 0.25) is 0 Å². The van der Waals surface area contributed by atoms with E-state index in [1.165, 1.54) is 0 Å². The van der Waals surface area contributed by atoms with E-state index in [2.05, 4.69) is 10.5 Å². The molecule has 2 aliphatic rings. The first-order chi connectivity index (χ1) is 13.0. The quantitative estimate of drug-likeness (QED) is 0.773. The van der Waals surface area contributed by atoms with Crippen molar-refractivity contribution in [2.24, 2.45) is 0 Å². The Morgan fingerprint density at radius 2 is 1.93 bits per heavy atom. The molecule has 0 radical (unpaired) electrons. The van der Waals surface area contributed by atoms with Gasteiger partial charge >= 0.3 is 12.1 Å². The van der Waals surface area contributed by atoms with Crippen molar-refractivity contribution >= 4 is 11.9 Å². The third-order valence-corrected chi connectivity index (χ3v) is 4.61. The van der Waals surface area contributed by atoms with Gasteiger partial charge in [0.1, 0.15) is 5.76 Å². The number of halogens is 3. The van der Waals surface area contributed by atoms with Gasteiger partial charge in [-0.3, -0.25) is 4.79 Å². The molecule has 2 saturated heterocycles. The molecular formula is C17H24F3N3O5. The van der Waals surface area contributed by atoms with E-state index in [4.69, 9.17) is 19.2 Å². The van der Waals surface area contributed by atoms with Gasteiger partial charge in [0, 0.05) is 18.5 Å². The number of hydrogen-bond donors (Lipinski definition) is 2. The Bertz CT molecular complexity index is 678. The minimum Gasteiger partial charge on any atom is -0.475 e. The number of carbonyl (C=O) groups excluding carboxylic acids is 1. The lowest BCUT2D eigenvalue weighted by Gasteiger charge is -2.44. The highest BCUT2D eigenvalue weighted by Gasteiger charge is 2.40. The molecule has 8 nitrogen and oxygen atoms in total. The molecule has 0 aliphatic carbocycles. The minimum atomic E-state index is -5.08. The number of hydrogen-bond acceptors (Lipinski definition) is 6. The number of alkyl halides is 3. The molecule has 28 heavy (non-hydrogen) atoms. The van der Waals surface area contributed by atoms with Gasteiger partial charge in [-0.15, -0.1) is 0 Å². The highest BCUT2D eigenvalue weighted by molar-refractivity contribution is 5.92. The summed E-state index contributed by atoms with van der Waals surface area (Å²) in [6.45, 7) is 7.81. The van der Waals surface area contributed by atoms with Crippen molar-refractivity contribution in [3.63, 3.8) is 0 Å². The lowest BCUT2D eigenvalue weighted by Crippen LogP contribution is -2.57. The number of aliphatic carboxylic acids is 1. The number of carbonyl (C=O) groups is 2. The summed E-state index contributed by atoms with van der Waals surface area (Å²) in [5.74, 6) is -1.82. The Kier molecular flexibility index (Phi) is 7.05. The number of ether oxygens (including phenoxy) is 1. The maximum Gasteiger partial charge on any atom is 0.490 e. The van der Waals surface area contributed by atoms with E-state index in [1.807, 2.05) is 18.7 Å². The van der Waals surface area contributed by atoms with Gasteiger partial charge in [-0.25, -0.2) is 4.79 Å². The zero-order valence-electron chi connectivity index (χ0n) is 15.7. The zero-order valence-corrected chi connectivity index (χ0v) is 15.7. The predicted octanol–water partition coefficient (Wildman–Crippen LogP) is 2.03. The van der Waals surface area contributed by atoms with Crippen LogP contribution in [-0.2, 0) is 9.53 Å². The third kappa shape index (κ3) is 5.68. The van der Waals surface area contributed by atoms with Crippen LogP contribution in [0.3, 0.4) is 0 Å². The van der Waals surface area contributed by atoms with E-state index in [-0.39, 0.29) is 17.4 Å². The summed E-state index contributed by atoms with van der Waals surface area (Å²) in [6, 6.07) is 1.76. The number of carboxylic acids is 1. The fraction of sp³-hybridized carbons (Fsp3) is 0.706. The molecule has 0 atom stereocenters. The monoisotopic (exact) mass is 407 g/mol. The van der Waals surface area contributed by atoms with E-state index in [0.29, 0.717) is 25.4 Å². The van der Waals surface area contributed by atoms with Crippen LogP contribution < -0.4 is 5.32 Å². The number of rotatable bonds is 2. The van der Waals surface area contributed by atoms with Crippen molar-refractivity contribution in [3.05, 3.63) is 17.5 Å². The Labute approximate surface area is 160 Å². The molecule has 1 aromatic heterocycles. The van der Waals surface area contributed by atoms with Crippen LogP contribution in [0, 0.1) is 0 Å². The molecule has 2 aliphatic heterocycles. The smallest absolute Gasteiger partial charge is 0.475 e. The molecule has 0 bridgehead atoms. The summed E-state index contributed by atoms with van der Waals surface area (Å²) in [7, 11) is 0. The van der Waals surface area contributed by atoms with Gasteiger partial charge < -0.3 is 24.6 Å². The lowest BCUT2D eigenvalue weighted by atomic mass is 9.90. The summed E-state index contributed by atoms with van der Waals surface area (Å²) < 4.78 is 43.0. The second kappa shape index (κ2) is 8.91. The first kappa shape index (κ1) is 22.2. The first-order valence-electron chi connectivity index (χ1n) is 8.95. The van der Waals surface area contributed by atoms with Crippen molar-refractivity contribution in [3.8, 4) is 0 Å². The molecule has 11 heteroatoms. The maximum absolute atomic E-state index is 12.6. The van der Waals surface area contributed by atoms with E-state index in [1.54, 1.807) is 6.07 Å². The second-order valence-electron chi connectivity index (χ2n) is 7.08. The summed E-state index contributed by atoms with van der Waals surface area (Å²) in [4.78, 5) is 23.3. The Balaban J connectivity index is 0.000000345. The van der Waals surface area contributed by atoms with Gasteiger partial charge in [0.05, 0.1) is 18.8 Å². The normalized spacial score (nSPS) is 19.3. The van der Waals surface area contributed by atoms with E-state index >= 15 is 0 Å². The van der Waals surface area contributed by atoms with Gasteiger partial charge in [0.25, 0.3) is 5.91 Å². The number of nitrogens with zero attached hydrogens (tertiary/aromatic N) is 2. The molecule has 3 heterocycles. The molecule has 0 unspecified atom stereocenters. The second-order valence-corrected chi connectivity index (χ2v) is 7.08. The zero-order chi connectivity index (χ0) is 20.9. The van der Waals surface area contributed by atoms with Crippen molar-refractivity contribution in [1.29, 1.82) is 0 Å². The van der Waals surface area contributed by atoms with Gasteiger partial charge in [0.15, 0.2) is 5.69 Å². The Hall–Kier alpha value is -2.14. The van der Waals surface area contributed by atoms with Gasteiger partial charge in [-0.1, -0.05) is 19.0 Å². The highest BCUT2D eigenvalue weighted by Crippen LogP contribution is 2.28. The maximum atomic E-state index is 12.6. The summed E-state index contributed by atoms with van der Waals surface area (Å²) in [5.41, 5.74) is 0.230. The fourth-order valence-corrected chi connectivity index (χ4v) is 3.03. The predicted molar refractivity (Wildman–Crippen MR) is 91.0 cm³/mol. The van der Waals surface area contributed by atoms with Crippen molar-refractivity contribution in [2.45, 2.75) is 44.4 Å². The summed E-state index contributed by atoms with van der Waals surface area (Å²) in [5, 5.41) is 14.4. The molecule has 1 amide bonds. The molecule has 0 saturated carbocycles. The molecule has 2 fully saturated rings. The molecule has 0 aromatic carbocycles. The fourth-order valence-electron chi connectivity index (χ4n) is 3.03. The van der Waals surface area contributed by atoms with Crippen LogP contribution in [0.25, 0.3) is 0 Å². The number of piperidine rings is 1. The first-order valence-corrected chi connectivity index (χ1v) is 8.95. The van der Waals surface area contributed by atoms with E-state index < -0.39 is 12.1 Å². The standard InChI is InChI=1S/C15H23N3O3.C2HF3O2/c1-11(2)13-9-12(17-21-13)14(19)18-7-8-20-15(10-18)3-5-16-6-4-15;3-2(4,5)1(6)7/h9,11,16H,3-8,10H2,1-2H3;(H,6,7). The average Bonchev–Trinajstić information content (AvgIpc) is 3.12. The number of morpholine rings is 1. The topological polar surface area (TPSA) is 105 Å². The van der Waals surface area contributed by atoms with Crippen LogP contribution in [0.15, 0.2) is 10.6 Å². The SMILES string of the molecule is CC(C)c1cc(C(=O)N2CCOC3(CCNCC3)C2)no1.O=C(O)C(F)(F)F. The van der Waals surface area contributed by atoms with E-state index in [0.717, 1.165) is 31.7 Å². The van der Waals surface area contributed by atoms with Crippen LogP contribution in [0.5, 0.6) is 0 Å². The van der Waals surface area contributed by atoms with E-state index in [9.17, 15) is 18.0 Å². The van der Waals surface area contributed by atoms with Crippen LogP contribution >= 0.6 is 0 Å². The molecule has 158 valence electrons. The number of aromatic nitrogens is 1. The van der Waals surface area contributed by atoms with Crippen LogP contribution in [0.4, 0.5) is 13.2 Å². The largest absolute Gasteiger partial charge is 0.490 e. The highest BCUT2D eigenvalue weighted by atomic mass is 19.4. The molecule has 3 rings (SSSR count). The number of nitrogens with one attached hydrogen (secondary N) is 1. The van der Waals surface area contributed by atoms with Crippen molar-refractivity contribution < 1.29 is 37.1 Å². The van der Waals surface area contributed by atoms with Crippen LogP contribution in [0.2, 0.25) is 0 Å².